The molecule has 160 valence electrons. The first-order valence-corrected chi connectivity index (χ1v) is 10.2. The molecule has 31 heavy (non-hydrogen) atoms. The molecule has 0 radical (unpaired) electrons. The van der Waals surface area contributed by atoms with Crippen molar-refractivity contribution in [3.05, 3.63) is 59.4 Å². The van der Waals surface area contributed by atoms with Gasteiger partial charge in [0.05, 0.1) is 11.1 Å². The molecule has 0 saturated heterocycles. The van der Waals surface area contributed by atoms with Crippen LogP contribution in [0.3, 0.4) is 0 Å². The molecule has 1 aromatic carbocycles. The summed E-state index contributed by atoms with van der Waals surface area (Å²) in [6.45, 7) is 7.16. The zero-order chi connectivity index (χ0) is 22.3. The van der Waals surface area contributed by atoms with Crippen molar-refractivity contribution in [2.45, 2.75) is 20.0 Å². The Morgan fingerprint density at radius 2 is 1.97 bits per heavy atom. The zero-order valence-electron chi connectivity index (χ0n) is 17.1. The van der Waals surface area contributed by atoms with Crippen LogP contribution in [0, 0.1) is 0 Å². The van der Waals surface area contributed by atoms with Gasteiger partial charge in [0.2, 0.25) is 0 Å². The quantitative estimate of drug-likeness (QED) is 0.412. The number of hydrogen-bond donors (Lipinski definition) is 0. The highest BCUT2D eigenvalue weighted by atomic mass is 32.1. The Hall–Kier alpha value is -3.40. The van der Waals surface area contributed by atoms with E-state index in [0.717, 1.165) is 11.9 Å². The number of aromatic nitrogens is 4. The van der Waals surface area contributed by atoms with E-state index < -0.39 is 11.7 Å². The van der Waals surface area contributed by atoms with E-state index in [1.54, 1.807) is 0 Å². The maximum Gasteiger partial charge on any atom is 0.422 e. The third-order valence-electron chi connectivity index (χ3n) is 4.85. The molecule has 7 nitrogen and oxygen atoms in total. The molecule has 3 aromatic heterocycles. The maximum atomic E-state index is 13.7. The summed E-state index contributed by atoms with van der Waals surface area (Å²) in [7, 11) is 1.91. The molecule has 0 fully saturated rings. The number of hydrogen-bond acceptors (Lipinski definition) is 7. The van der Waals surface area contributed by atoms with Crippen molar-refractivity contribution in [3.63, 3.8) is 0 Å². The molecule has 0 aliphatic heterocycles. The second kappa shape index (κ2) is 7.69. The van der Waals surface area contributed by atoms with Gasteiger partial charge in [-0.25, -0.2) is 15.0 Å². The number of ether oxygens (including phenoxy) is 1. The molecule has 0 aliphatic carbocycles. The van der Waals surface area contributed by atoms with Crippen LogP contribution in [0.5, 0.6) is 5.75 Å². The Morgan fingerprint density at radius 1 is 1.26 bits per heavy atom. The molecular formula is C21H19F2N5O2S. The largest absolute Gasteiger partial charge is 0.429 e. The molecule has 0 bridgehead atoms. The van der Waals surface area contributed by atoms with Gasteiger partial charge in [0, 0.05) is 19.2 Å². The van der Waals surface area contributed by atoms with E-state index in [1.165, 1.54) is 59.7 Å². The Balaban J connectivity index is 1.78. The molecule has 0 N–H and O–H groups in total. The second-order valence-corrected chi connectivity index (χ2v) is 7.98. The fraction of sp³-hybridized carbons (Fsp3) is 0.238. The summed E-state index contributed by atoms with van der Waals surface area (Å²) >= 11 is 1.25. The number of alkyl halides is 2. The Labute approximate surface area is 180 Å². The Morgan fingerprint density at radius 3 is 2.61 bits per heavy atom. The summed E-state index contributed by atoms with van der Waals surface area (Å²) in [4.78, 5) is 28.9. The number of fused-ring (bicyclic) bond motifs is 3. The van der Waals surface area contributed by atoms with Crippen LogP contribution in [0.15, 0.2) is 53.9 Å². The highest BCUT2D eigenvalue weighted by molar-refractivity contribution is 7.25. The van der Waals surface area contributed by atoms with Gasteiger partial charge in [-0.05, 0) is 38.1 Å². The van der Waals surface area contributed by atoms with Gasteiger partial charge in [0.1, 0.15) is 39.3 Å². The van der Waals surface area contributed by atoms with E-state index in [1.807, 2.05) is 18.9 Å². The minimum Gasteiger partial charge on any atom is -0.429 e. The molecule has 3 heterocycles. The molecule has 0 amide bonds. The molecule has 0 atom stereocenters. The van der Waals surface area contributed by atoms with Crippen molar-refractivity contribution in [2.75, 3.05) is 18.5 Å². The summed E-state index contributed by atoms with van der Waals surface area (Å²) in [5, 5.41) is 0.738. The lowest BCUT2D eigenvalue weighted by atomic mass is 10.2. The molecule has 0 saturated carbocycles. The SMILES string of the molecule is C=C(C)C(F)(F)Oc1ccc(-n2cnc3c(sc4ncnc(N(C)CC)c43)c2=O)cc1. The first-order valence-electron chi connectivity index (χ1n) is 9.42. The van der Waals surface area contributed by atoms with Gasteiger partial charge in [-0.15, -0.1) is 11.3 Å². The van der Waals surface area contributed by atoms with Crippen LogP contribution in [0.1, 0.15) is 13.8 Å². The van der Waals surface area contributed by atoms with Crippen LogP contribution in [-0.4, -0.2) is 39.2 Å². The monoisotopic (exact) mass is 443 g/mol. The topological polar surface area (TPSA) is 73.1 Å². The summed E-state index contributed by atoms with van der Waals surface area (Å²) < 4.78 is 33.9. The van der Waals surface area contributed by atoms with Crippen LogP contribution in [0.2, 0.25) is 0 Å². The third kappa shape index (κ3) is 3.63. The number of benzene rings is 1. The molecule has 4 rings (SSSR count). The average molecular weight is 443 g/mol. The number of anilines is 1. The lowest BCUT2D eigenvalue weighted by Gasteiger charge is -2.18. The van der Waals surface area contributed by atoms with Crippen LogP contribution in [-0.2, 0) is 0 Å². The van der Waals surface area contributed by atoms with E-state index in [0.29, 0.717) is 26.6 Å². The van der Waals surface area contributed by atoms with Gasteiger partial charge in [-0.3, -0.25) is 9.36 Å². The van der Waals surface area contributed by atoms with Crippen LogP contribution in [0.25, 0.3) is 26.1 Å². The van der Waals surface area contributed by atoms with E-state index in [4.69, 9.17) is 0 Å². The maximum absolute atomic E-state index is 13.7. The van der Waals surface area contributed by atoms with Gasteiger partial charge in [0.25, 0.3) is 5.56 Å². The van der Waals surface area contributed by atoms with Gasteiger partial charge in [0.15, 0.2) is 0 Å². The molecule has 10 heteroatoms. The first-order chi connectivity index (χ1) is 14.7. The molecular weight excluding hydrogens is 424 g/mol. The zero-order valence-corrected chi connectivity index (χ0v) is 17.9. The highest BCUT2D eigenvalue weighted by Gasteiger charge is 2.32. The molecule has 0 aliphatic rings. The number of rotatable bonds is 6. The summed E-state index contributed by atoms with van der Waals surface area (Å²) in [5.74, 6) is 0.673. The van der Waals surface area contributed by atoms with Crippen molar-refractivity contribution >= 4 is 37.6 Å². The Bertz CT molecular complexity index is 1350. The highest BCUT2D eigenvalue weighted by Crippen LogP contribution is 2.34. The predicted octanol–water partition coefficient (Wildman–Crippen LogP) is 4.39. The van der Waals surface area contributed by atoms with E-state index >= 15 is 0 Å². The number of nitrogens with zero attached hydrogens (tertiary/aromatic N) is 5. The van der Waals surface area contributed by atoms with Crippen LogP contribution < -0.4 is 15.2 Å². The van der Waals surface area contributed by atoms with Gasteiger partial charge < -0.3 is 9.64 Å². The number of halogens is 2. The Kier molecular flexibility index (Phi) is 5.18. The van der Waals surface area contributed by atoms with E-state index in [-0.39, 0.29) is 11.3 Å². The fourth-order valence-electron chi connectivity index (χ4n) is 2.98. The predicted molar refractivity (Wildman–Crippen MR) is 118 cm³/mol. The van der Waals surface area contributed by atoms with Crippen molar-refractivity contribution in [1.29, 1.82) is 0 Å². The summed E-state index contributed by atoms with van der Waals surface area (Å²) in [6.07, 6.45) is -0.588. The normalized spacial score (nSPS) is 11.8. The first kappa shape index (κ1) is 20.9. The fourth-order valence-corrected chi connectivity index (χ4v) is 4.00. The number of thiophene rings is 1. The lowest BCUT2D eigenvalue weighted by Crippen LogP contribution is -2.25. The molecule has 0 spiro atoms. The van der Waals surface area contributed by atoms with Gasteiger partial charge in [-0.2, -0.15) is 8.78 Å². The summed E-state index contributed by atoms with van der Waals surface area (Å²) in [6, 6.07) is 5.77. The van der Waals surface area contributed by atoms with Crippen LogP contribution >= 0.6 is 11.3 Å². The van der Waals surface area contributed by atoms with Crippen LogP contribution in [0.4, 0.5) is 14.6 Å². The standard InChI is InChI=1S/C21H19F2N5O2S/c1-5-27(4)18-15-16-17(31-19(15)25-10-24-18)20(29)28(11-26-16)13-6-8-14(9-7-13)30-21(22,23)12(2)3/h6-11H,2,5H2,1,3-4H3. The minimum atomic E-state index is -3.47. The van der Waals surface area contributed by atoms with Crippen molar-refractivity contribution in [3.8, 4) is 11.4 Å². The minimum absolute atomic E-state index is 0.0387. The van der Waals surface area contributed by atoms with Crippen molar-refractivity contribution < 1.29 is 13.5 Å². The third-order valence-corrected chi connectivity index (χ3v) is 5.93. The molecule has 0 unspecified atom stereocenters. The van der Waals surface area contributed by atoms with Gasteiger partial charge >= 0.3 is 6.11 Å². The van der Waals surface area contributed by atoms with Gasteiger partial charge in [-0.1, -0.05) is 6.58 Å². The second-order valence-electron chi connectivity index (χ2n) is 6.98. The molecule has 4 aromatic rings. The smallest absolute Gasteiger partial charge is 0.422 e. The van der Waals surface area contributed by atoms with Crippen molar-refractivity contribution in [2.24, 2.45) is 0 Å². The van der Waals surface area contributed by atoms with E-state index in [9.17, 15) is 13.6 Å². The van der Waals surface area contributed by atoms with Crippen molar-refractivity contribution in [1.82, 2.24) is 19.5 Å². The lowest BCUT2D eigenvalue weighted by molar-refractivity contribution is -0.141. The average Bonchev–Trinajstić information content (AvgIpc) is 3.13. The summed E-state index contributed by atoms with van der Waals surface area (Å²) in [5.41, 5.74) is 0.334. The van der Waals surface area contributed by atoms with E-state index in [2.05, 4.69) is 26.3 Å².